The summed E-state index contributed by atoms with van der Waals surface area (Å²) in [5.74, 6) is 0. The Kier molecular flexibility index (Phi) is 4.13. The summed E-state index contributed by atoms with van der Waals surface area (Å²) in [5, 5.41) is 0. The van der Waals surface area contributed by atoms with Gasteiger partial charge < -0.3 is 4.74 Å². The van der Waals surface area contributed by atoms with Crippen molar-refractivity contribution < 1.29 is 8.95 Å². The van der Waals surface area contributed by atoms with Gasteiger partial charge in [-0.25, -0.2) is 4.21 Å². The molecule has 1 aromatic rings. The van der Waals surface area contributed by atoms with Crippen molar-refractivity contribution in [3.05, 3.63) is 54.2 Å². The fourth-order valence-electron chi connectivity index (χ4n) is 0.901. The zero-order valence-corrected chi connectivity index (χ0v) is 8.79. The fourth-order valence-corrected chi connectivity index (χ4v) is 1.79. The highest BCUT2D eigenvalue weighted by Gasteiger charge is 2.03. The Labute approximate surface area is 86.4 Å². The van der Waals surface area contributed by atoms with Crippen LogP contribution in [0.3, 0.4) is 0 Å². The van der Waals surface area contributed by atoms with Gasteiger partial charge in [0.25, 0.3) is 0 Å². The average Bonchev–Trinajstić information content (AvgIpc) is 2.26. The van der Waals surface area contributed by atoms with Crippen molar-refractivity contribution in [2.45, 2.75) is 4.90 Å². The molecule has 2 nitrogen and oxygen atoms in total. The lowest BCUT2D eigenvalue weighted by atomic mass is 10.4. The summed E-state index contributed by atoms with van der Waals surface area (Å²) >= 11 is 0. The SMILES string of the molecule is C=C(/C=C/OC)S(=O)c1ccccc1. The first kappa shape index (κ1) is 10.7. The maximum absolute atomic E-state index is 11.8. The van der Waals surface area contributed by atoms with Crippen LogP contribution in [0.2, 0.25) is 0 Å². The van der Waals surface area contributed by atoms with Crippen molar-refractivity contribution in [3.63, 3.8) is 0 Å². The van der Waals surface area contributed by atoms with Crippen molar-refractivity contribution in [2.24, 2.45) is 0 Å². The Morgan fingerprint density at radius 1 is 1.43 bits per heavy atom. The lowest BCUT2D eigenvalue weighted by molar-refractivity contribution is 0.338. The van der Waals surface area contributed by atoms with E-state index in [1.807, 2.05) is 30.3 Å². The zero-order valence-electron chi connectivity index (χ0n) is 7.97. The zero-order chi connectivity index (χ0) is 10.4. The van der Waals surface area contributed by atoms with E-state index in [0.717, 1.165) is 4.90 Å². The molecule has 0 saturated carbocycles. The van der Waals surface area contributed by atoms with E-state index in [9.17, 15) is 4.21 Å². The fraction of sp³-hybridized carbons (Fsp3) is 0.0909. The van der Waals surface area contributed by atoms with Crippen LogP contribution in [0.5, 0.6) is 0 Å². The van der Waals surface area contributed by atoms with E-state index in [-0.39, 0.29) is 0 Å². The summed E-state index contributed by atoms with van der Waals surface area (Å²) in [7, 11) is 0.346. The van der Waals surface area contributed by atoms with Gasteiger partial charge in [0.1, 0.15) is 0 Å². The van der Waals surface area contributed by atoms with Gasteiger partial charge in [0.05, 0.1) is 24.2 Å². The van der Waals surface area contributed by atoms with E-state index < -0.39 is 10.8 Å². The molecular weight excluding hydrogens is 196 g/mol. The van der Waals surface area contributed by atoms with Crippen molar-refractivity contribution >= 4 is 10.8 Å². The van der Waals surface area contributed by atoms with E-state index in [1.54, 1.807) is 6.08 Å². The van der Waals surface area contributed by atoms with Gasteiger partial charge >= 0.3 is 0 Å². The number of ether oxygens (including phenoxy) is 1. The molecule has 1 atom stereocenters. The molecule has 0 amide bonds. The number of methoxy groups -OCH3 is 1. The predicted octanol–water partition coefficient (Wildman–Crippen LogP) is 2.47. The minimum Gasteiger partial charge on any atom is -0.504 e. The first-order valence-electron chi connectivity index (χ1n) is 4.11. The highest BCUT2D eigenvalue weighted by Crippen LogP contribution is 2.13. The number of rotatable bonds is 4. The van der Waals surface area contributed by atoms with Crippen LogP contribution in [-0.4, -0.2) is 11.3 Å². The molecule has 0 bridgehead atoms. The highest BCUT2D eigenvalue weighted by atomic mass is 32.2. The molecule has 0 N–H and O–H groups in total. The molecule has 1 unspecified atom stereocenters. The molecule has 1 rings (SSSR count). The van der Waals surface area contributed by atoms with Crippen molar-refractivity contribution in [3.8, 4) is 0 Å². The highest BCUT2D eigenvalue weighted by molar-refractivity contribution is 7.89. The minimum atomic E-state index is -1.19. The summed E-state index contributed by atoms with van der Waals surface area (Å²) in [6, 6.07) is 9.19. The maximum Gasteiger partial charge on any atom is 0.0844 e. The minimum absolute atomic E-state index is 0.526. The van der Waals surface area contributed by atoms with E-state index >= 15 is 0 Å². The van der Waals surface area contributed by atoms with Gasteiger partial charge in [0, 0.05) is 9.80 Å². The lowest BCUT2D eigenvalue weighted by Gasteiger charge is -2.00. The molecule has 0 aliphatic rings. The summed E-state index contributed by atoms with van der Waals surface area (Å²) in [5.41, 5.74) is 0. The van der Waals surface area contributed by atoms with Crippen LogP contribution in [0, 0.1) is 0 Å². The molecule has 1 aromatic carbocycles. The van der Waals surface area contributed by atoms with Crippen molar-refractivity contribution in [1.82, 2.24) is 0 Å². The maximum atomic E-state index is 11.8. The second-order valence-corrected chi connectivity index (χ2v) is 4.12. The smallest absolute Gasteiger partial charge is 0.0844 e. The van der Waals surface area contributed by atoms with Crippen molar-refractivity contribution in [2.75, 3.05) is 7.11 Å². The molecule has 0 fully saturated rings. The quantitative estimate of drug-likeness (QED) is 0.561. The van der Waals surface area contributed by atoms with E-state index in [4.69, 9.17) is 4.74 Å². The Bertz CT molecular complexity index is 355. The third kappa shape index (κ3) is 2.85. The molecule has 0 aliphatic heterocycles. The van der Waals surface area contributed by atoms with Crippen LogP contribution in [0.15, 0.2) is 59.0 Å². The second kappa shape index (κ2) is 5.40. The average molecular weight is 208 g/mol. The molecular formula is C11H12O2S. The van der Waals surface area contributed by atoms with Gasteiger partial charge in [-0.1, -0.05) is 24.8 Å². The van der Waals surface area contributed by atoms with Crippen LogP contribution in [0.4, 0.5) is 0 Å². The van der Waals surface area contributed by atoms with Crippen LogP contribution in [0.1, 0.15) is 0 Å². The molecule has 0 aromatic heterocycles. The van der Waals surface area contributed by atoms with Crippen LogP contribution in [0.25, 0.3) is 0 Å². The van der Waals surface area contributed by atoms with Crippen LogP contribution >= 0.6 is 0 Å². The first-order chi connectivity index (χ1) is 6.75. The third-order valence-corrected chi connectivity index (χ3v) is 2.90. The van der Waals surface area contributed by atoms with Gasteiger partial charge in [0.2, 0.25) is 0 Å². The third-order valence-electron chi connectivity index (χ3n) is 1.59. The Balaban J connectivity index is 2.77. The van der Waals surface area contributed by atoms with Gasteiger partial charge in [-0.15, -0.1) is 0 Å². The van der Waals surface area contributed by atoms with Gasteiger partial charge in [-0.2, -0.15) is 0 Å². The standard InChI is InChI=1S/C11H12O2S/c1-10(8-9-13-2)14(12)11-6-4-3-5-7-11/h3-9H,1H2,2H3/b9-8+. The van der Waals surface area contributed by atoms with Gasteiger partial charge in [-0.3, -0.25) is 0 Å². The molecule has 74 valence electrons. The number of benzene rings is 1. The Morgan fingerprint density at radius 2 is 2.07 bits per heavy atom. The van der Waals surface area contributed by atoms with E-state index in [2.05, 4.69) is 6.58 Å². The molecule has 0 aliphatic carbocycles. The molecule has 0 heterocycles. The second-order valence-electron chi connectivity index (χ2n) is 2.59. The Morgan fingerprint density at radius 3 is 2.64 bits per heavy atom. The topological polar surface area (TPSA) is 26.3 Å². The van der Waals surface area contributed by atoms with E-state index in [1.165, 1.54) is 13.4 Å². The molecule has 14 heavy (non-hydrogen) atoms. The van der Waals surface area contributed by atoms with Gasteiger partial charge in [-0.05, 0) is 18.2 Å². The number of allylic oxidation sites excluding steroid dienone is 1. The summed E-state index contributed by atoms with van der Waals surface area (Å²) in [6.45, 7) is 3.70. The Hall–Kier alpha value is -1.35. The molecule has 0 spiro atoms. The first-order valence-corrected chi connectivity index (χ1v) is 5.25. The van der Waals surface area contributed by atoms with Gasteiger partial charge in [0.15, 0.2) is 0 Å². The molecule has 3 heteroatoms. The monoisotopic (exact) mass is 208 g/mol. The normalized spacial score (nSPS) is 12.6. The van der Waals surface area contributed by atoms with E-state index in [0.29, 0.717) is 4.91 Å². The lowest BCUT2D eigenvalue weighted by Crippen LogP contribution is -1.91. The molecule has 0 saturated heterocycles. The number of hydrogen-bond acceptors (Lipinski definition) is 2. The summed E-state index contributed by atoms with van der Waals surface area (Å²) in [4.78, 5) is 1.27. The largest absolute Gasteiger partial charge is 0.504 e. The summed E-state index contributed by atoms with van der Waals surface area (Å²) < 4.78 is 16.5. The summed E-state index contributed by atoms with van der Waals surface area (Å²) in [6.07, 6.45) is 3.06. The van der Waals surface area contributed by atoms with Crippen LogP contribution < -0.4 is 0 Å². The predicted molar refractivity (Wildman–Crippen MR) is 58.1 cm³/mol. The molecule has 0 radical (unpaired) electrons. The number of hydrogen-bond donors (Lipinski definition) is 0. The van der Waals surface area contributed by atoms with Crippen molar-refractivity contribution in [1.29, 1.82) is 0 Å². The van der Waals surface area contributed by atoms with Crippen LogP contribution in [-0.2, 0) is 15.5 Å².